The van der Waals surface area contributed by atoms with E-state index in [-0.39, 0.29) is 18.4 Å². The van der Waals surface area contributed by atoms with Crippen LogP contribution in [0.3, 0.4) is 0 Å². The standard InChI is InChI=1S/C20H23ClN3O3P/c1-9-8-24(19(26)27-20(2,3)4)18(25)13-11-6-5-10-7-22-17(21)16(28)12(10)15(11)23-14(9)13/h7,9,23H,5-6,8,28H2,1-4H3. The lowest BCUT2D eigenvalue weighted by Gasteiger charge is -2.31. The summed E-state index contributed by atoms with van der Waals surface area (Å²) in [5.41, 5.74) is 4.76. The normalized spacial score (nSPS) is 18.4. The molecule has 2 atom stereocenters. The number of rotatable bonds is 0. The SMILES string of the molecule is CC1CN(C(=O)OC(C)(C)C)C(=O)c2c1[nH]c1c2CCc2cnc(Cl)c(P)c2-1. The number of carbonyl (C=O) groups is 2. The van der Waals surface area contributed by atoms with Gasteiger partial charge in [0.15, 0.2) is 0 Å². The van der Waals surface area contributed by atoms with Gasteiger partial charge in [0.05, 0.1) is 11.3 Å². The van der Waals surface area contributed by atoms with Gasteiger partial charge in [0.1, 0.15) is 10.8 Å². The van der Waals surface area contributed by atoms with Gasteiger partial charge in [0.2, 0.25) is 0 Å². The second-order valence-electron chi connectivity index (χ2n) is 8.43. The molecule has 1 aliphatic heterocycles. The maximum Gasteiger partial charge on any atom is 0.417 e. The van der Waals surface area contributed by atoms with Crippen molar-refractivity contribution in [3.63, 3.8) is 0 Å². The summed E-state index contributed by atoms with van der Waals surface area (Å²) >= 11 is 6.24. The summed E-state index contributed by atoms with van der Waals surface area (Å²) in [6.07, 6.45) is 2.68. The molecule has 1 aliphatic carbocycles. The van der Waals surface area contributed by atoms with Crippen LogP contribution >= 0.6 is 20.8 Å². The monoisotopic (exact) mass is 419 g/mol. The summed E-state index contributed by atoms with van der Waals surface area (Å²) in [4.78, 5) is 34.8. The second kappa shape index (κ2) is 6.57. The molecule has 4 rings (SSSR count). The van der Waals surface area contributed by atoms with Gasteiger partial charge < -0.3 is 9.72 Å². The van der Waals surface area contributed by atoms with E-state index in [1.54, 1.807) is 27.0 Å². The number of fused-ring (bicyclic) bond motifs is 5. The van der Waals surface area contributed by atoms with Crippen molar-refractivity contribution in [2.75, 3.05) is 6.54 Å². The Morgan fingerprint density at radius 1 is 1.36 bits per heavy atom. The third kappa shape index (κ3) is 3.03. The van der Waals surface area contributed by atoms with Crippen LogP contribution in [0, 0.1) is 0 Å². The van der Waals surface area contributed by atoms with E-state index in [2.05, 4.69) is 19.2 Å². The lowest BCUT2D eigenvalue weighted by Crippen LogP contribution is -2.45. The van der Waals surface area contributed by atoms with Gasteiger partial charge >= 0.3 is 6.09 Å². The van der Waals surface area contributed by atoms with Crippen LogP contribution in [0.1, 0.15) is 60.8 Å². The fourth-order valence-corrected chi connectivity index (χ4v) is 4.53. The number of pyridine rings is 1. The molecule has 2 amide bonds. The molecule has 0 bridgehead atoms. The van der Waals surface area contributed by atoms with E-state index < -0.39 is 11.7 Å². The molecule has 0 fully saturated rings. The van der Waals surface area contributed by atoms with Crippen molar-refractivity contribution in [3.8, 4) is 11.3 Å². The summed E-state index contributed by atoms with van der Waals surface area (Å²) < 4.78 is 5.45. The Morgan fingerprint density at radius 2 is 2.07 bits per heavy atom. The van der Waals surface area contributed by atoms with Crippen molar-refractivity contribution in [3.05, 3.63) is 33.7 Å². The number of H-pyrrole nitrogens is 1. The molecule has 0 radical (unpaired) electrons. The molecule has 8 heteroatoms. The average molecular weight is 420 g/mol. The van der Waals surface area contributed by atoms with Gasteiger partial charge in [-0.25, -0.2) is 14.7 Å². The number of nitrogens with zero attached hydrogens (tertiary/aromatic N) is 2. The van der Waals surface area contributed by atoms with Gasteiger partial charge in [0, 0.05) is 35.2 Å². The summed E-state index contributed by atoms with van der Waals surface area (Å²) in [6.45, 7) is 7.68. The second-order valence-corrected chi connectivity index (χ2v) is 9.36. The molecule has 2 aromatic heterocycles. The predicted molar refractivity (Wildman–Crippen MR) is 111 cm³/mol. The number of aromatic nitrogens is 2. The number of hydrogen-bond donors (Lipinski definition) is 1. The molecule has 28 heavy (non-hydrogen) atoms. The Balaban J connectivity index is 1.81. The minimum Gasteiger partial charge on any atom is -0.443 e. The van der Waals surface area contributed by atoms with E-state index in [9.17, 15) is 9.59 Å². The first kappa shape index (κ1) is 19.4. The molecular weight excluding hydrogens is 397 g/mol. The van der Waals surface area contributed by atoms with Gasteiger partial charge in [-0.15, -0.1) is 9.24 Å². The number of nitrogens with one attached hydrogen (secondary N) is 1. The van der Waals surface area contributed by atoms with Crippen LogP contribution in [-0.2, 0) is 17.6 Å². The van der Waals surface area contributed by atoms with E-state index in [0.717, 1.165) is 39.8 Å². The van der Waals surface area contributed by atoms with Crippen LogP contribution in [0.5, 0.6) is 0 Å². The molecule has 0 spiro atoms. The molecule has 2 aliphatic rings. The fraction of sp³-hybridized carbons (Fsp3) is 0.450. The summed E-state index contributed by atoms with van der Waals surface area (Å²) in [6, 6.07) is 0. The van der Waals surface area contributed by atoms with E-state index in [4.69, 9.17) is 16.3 Å². The van der Waals surface area contributed by atoms with Gasteiger partial charge in [0.25, 0.3) is 5.91 Å². The van der Waals surface area contributed by atoms with Gasteiger partial charge in [-0.05, 0) is 44.7 Å². The maximum absolute atomic E-state index is 13.2. The molecule has 148 valence electrons. The quantitative estimate of drug-likeness (QED) is 0.520. The van der Waals surface area contributed by atoms with Crippen molar-refractivity contribution >= 4 is 38.1 Å². The van der Waals surface area contributed by atoms with Crippen molar-refractivity contribution < 1.29 is 14.3 Å². The number of hydrogen-bond acceptors (Lipinski definition) is 4. The van der Waals surface area contributed by atoms with Crippen LogP contribution in [0.2, 0.25) is 5.15 Å². The lowest BCUT2D eigenvalue weighted by molar-refractivity contribution is 0.0220. The number of carbonyl (C=O) groups excluding carboxylic acids is 2. The van der Waals surface area contributed by atoms with Crippen molar-refractivity contribution in [1.82, 2.24) is 14.9 Å². The summed E-state index contributed by atoms with van der Waals surface area (Å²) in [5, 5.41) is 1.25. The molecule has 0 saturated heterocycles. The van der Waals surface area contributed by atoms with E-state index in [1.807, 2.05) is 6.92 Å². The lowest BCUT2D eigenvalue weighted by atomic mass is 9.87. The zero-order valence-electron chi connectivity index (χ0n) is 16.4. The van der Waals surface area contributed by atoms with Crippen LogP contribution < -0.4 is 5.30 Å². The first-order valence-corrected chi connectivity index (χ1v) is 10.3. The smallest absolute Gasteiger partial charge is 0.417 e. The van der Waals surface area contributed by atoms with Crippen molar-refractivity contribution in [1.29, 1.82) is 0 Å². The van der Waals surface area contributed by atoms with Crippen molar-refractivity contribution in [2.45, 2.75) is 52.1 Å². The summed E-state index contributed by atoms with van der Waals surface area (Å²) in [5.74, 6) is -0.312. The van der Waals surface area contributed by atoms with Gasteiger partial charge in [-0.1, -0.05) is 18.5 Å². The first-order chi connectivity index (χ1) is 13.1. The fourth-order valence-electron chi connectivity index (χ4n) is 3.98. The van der Waals surface area contributed by atoms with Crippen LogP contribution in [0.25, 0.3) is 11.3 Å². The number of aryl methyl sites for hydroxylation is 1. The first-order valence-electron chi connectivity index (χ1n) is 9.31. The number of halogens is 1. The highest BCUT2D eigenvalue weighted by atomic mass is 35.5. The van der Waals surface area contributed by atoms with Crippen molar-refractivity contribution in [2.24, 2.45) is 0 Å². The molecule has 3 heterocycles. The highest BCUT2D eigenvalue weighted by molar-refractivity contribution is 7.28. The van der Waals surface area contributed by atoms with Crippen LogP contribution in [0.15, 0.2) is 6.20 Å². The molecule has 0 saturated carbocycles. The van der Waals surface area contributed by atoms with Crippen LogP contribution in [0.4, 0.5) is 4.79 Å². The topological polar surface area (TPSA) is 75.3 Å². The number of aromatic amines is 1. The highest BCUT2D eigenvalue weighted by Crippen LogP contribution is 2.41. The van der Waals surface area contributed by atoms with E-state index in [0.29, 0.717) is 17.1 Å². The minimum atomic E-state index is -0.657. The van der Waals surface area contributed by atoms with Gasteiger partial charge in [-0.2, -0.15) is 0 Å². The maximum atomic E-state index is 13.2. The number of amides is 2. The number of imide groups is 1. The molecule has 6 nitrogen and oxygen atoms in total. The Morgan fingerprint density at radius 3 is 2.75 bits per heavy atom. The van der Waals surface area contributed by atoms with E-state index >= 15 is 0 Å². The Labute approximate surface area is 171 Å². The molecular formula is C20H23ClN3O3P. The van der Waals surface area contributed by atoms with Crippen LogP contribution in [-0.4, -0.2) is 39.0 Å². The third-order valence-electron chi connectivity index (χ3n) is 5.20. The Hall–Kier alpha value is -1.91. The number of ether oxygens (including phenoxy) is 1. The minimum absolute atomic E-state index is 0.0143. The Bertz CT molecular complexity index is 1010. The zero-order chi connectivity index (χ0) is 20.4. The Kier molecular flexibility index (Phi) is 4.55. The molecule has 2 unspecified atom stereocenters. The predicted octanol–water partition coefficient (Wildman–Crippen LogP) is 3.82. The largest absolute Gasteiger partial charge is 0.443 e. The third-order valence-corrected chi connectivity index (χ3v) is 6.24. The molecule has 0 aromatic carbocycles. The summed E-state index contributed by atoms with van der Waals surface area (Å²) in [7, 11) is 2.66. The van der Waals surface area contributed by atoms with Gasteiger partial charge in [-0.3, -0.25) is 4.79 Å². The zero-order valence-corrected chi connectivity index (χ0v) is 18.3. The van der Waals surface area contributed by atoms with E-state index in [1.165, 1.54) is 4.90 Å². The highest BCUT2D eigenvalue weighted by Gasteiger charge is 2.40. The molecule has 2 aromatic rings. The molecule has 1 N–H and O–H groups in total. The average Bonchev–Trinajstić information content (AvgIpc) is 3.00.